The summed E-state index contributed by atoms with van der Waals surface area (Å²) in [5.74, 6) is 1.09. The predicted molar refractivity (Wildman–Crippen MR) is 64.9 cm³/mol. The van der Waals surface area contributed by atoms with Crippen LogP contribution in [-0.4, -0.2) is 16.0 Å². The number of carbonyl (C=O) groups excluding carboxylic acids is 1. The van der Waals surface area contributed by atoms with E-state index >= 15 is 0 Å². The second-order valence-corrected chi connectivity index (χ2v) is 4.19. The van der Waals surface area contributed by atoms with Gasteiger partial charge < -0.3 is 5.11 Å². The molecule has 1 aromatic rings. The van der Waals surface area contributed by atoms with Gasteiger partial charge in [0.05, 0.1) is 0 Å². The highest BCUT2D eigenvalue weighted by atomic mass is 32.2. The number of carbonyl (C=O) groups is 1. The summed E-state index contributed by atoms with van der Waals surface area (Å²) in [5, 5.41) is 9.13. The maximum Gasteiger partial charge on any atom is 0.212 e. The Balaban J connectivity index is 2.50. The third kappa shape index (κ3) is 4.70. The van der Waals surface area contributed by atoms with Gasteiger partial charge >= 0.3 is 0 Å². The van der Waals surface area contributed by atoms with Gasteiger partial charge in [0, 0.05) is 5.75 Å². The first-order chi connectivity index (χ1) is 7.22. The van der Waals surface area contributed by atoms with Gasteiger partial charge in [0.25, 0.3) is 0 Å². The minimum Gasteiger partial charge on any atom is -0.508 e. The number of phenols is 1. The molecule has 2 nitrogen and oxygen atoms in total. The minimum atomic E-state index is 0.0740. The molecule has 0 aliphatic carbocycles. The van der Waals surface area contributed by atoms with Crippen molar-refractivity contribution in [2.75, 3.05) is 5.75 Å². The molecule has 0 aromatic heterocycles. The predicted octanol–water partition coefficient (Wildman–Crippen LogP) is 3.08. The molecule has 0 saturated heterocycles. The normalized spacial score (nSPS) is 10.7. The molecule has 0 atom stereocenters. The Kier molecular flexibility index (Phi) is 4.98. The Morgan fingerprint density at radius 3 is 2.67 bits per heavy atom. The molecule has 0 amide bonds. The molecule has 80 valence electrons. The van der Waals surface area contributed by atoms with E-state index in [2.05, 4.69) is 0 Å². The highest BCUT2D eigenvalue weighted by Crippen LogP contribution is 2.12. The standard InChI is InChI=1S/C12H14O2S/c1-2-9-15-12(14)8-5-10-3-6-11(13)7-4-10/h3-8,13H,2,9H2,1H3/b8-5+. The first-order valence-electron chi connectivity index (χ1n) is 4.86. The van der Waals surface area contributed by atoms with Crippen molar-refractivity contribution in [2.45, 2.75) is 13.3 Å². The fourth-order valence-corrected chi connectivity index (χ4v) is 1.57. The molecule has 0 fully saturated rings. The van der Waals surface area contributed by atoms with Gasteiger partial charge in [-0.2, -0.15) is 0 Å². The molecule has 3 heteroatoms. The van der Waals surface area contributed by atoms with Crippen LogP contribution in [0.1, 0.15) is 18.9 Å². The lowest BCUT2D eigenvalue weighted by Gasteiger charge is -1.94. The third-order valence-electron chi connectivity index (χ3n) is 1.75. The van der Waals surface area contributed by atoms with Gasteiger partial charge in [-0.05, 0) is 30.2 Å². The molecule has 1 N–H and O–H groups in total. The van der Waals surface area contributed by atoms with Crippen LogP contribution in [0.5, 0.6) is 5.75 Å². The number of hydrogen-bond acceptors (Lipinski definition) is 3. The summed E-state index contributed by atoms with van der Waals surface area (Å²) in [5.41, 5.74) is 0.915. The van der Waals surface area contributed by atoms with Crippen molar-refractivity contribution in [1.29, 1.82) is 0 Å². The number of thioether (sulfide) groups is 1. The number of aromatic hydroxyl groups is 1. The van der Waals surface area contributed by atoms with E-state index in [0.29, 0.717) is 0 Å². The molecule has 0 unspecified atom stereocenters. The molecular formula is C12H14O2S. The highest BCUT2D eigenvalue weighted by Gasteiger charge is 1.95. The van der Waals surface area contributed by atoms with Crippen LogP contribution in [0.25, 0.3) is 6.08 Å². The molecule has 1 rings (SSSR count). The van der Waals surface area contributed by atoms with Gasteiger partial charge in [-0.1, -0.05) is 36.9 Å². The summed E-state index contributed by atoms with van der Waals surface area (Å²) >= 11 is 1.32. The lowest BCUT2D eigenvalue weighted by molar-refractivity contribution is -0.106. The molecule has 0 bridgehead atoms. The zero-order valence-electron chi connectivity index (χ0n) is 8.64. The largest absolute Gasteiger partial charge is 0.508 e. The van der Waals surface area contributed by atoms with Crippen molar-refractivity contribution in [1.82, 2.24) is 0 Å². The van der Waals surface area contributed by atoms with Crippen LogP contribution in [0, 0.1) is 0 Å². The Bertz CT molecular complexity index is 341. The van der Waals surface area contributed by atoms with Crippen molar-refractivity contribution >= 4 is 23.0 Å². The number of rotatable bonds is 4. The second-order valence-electron chi connectivity index (χ2n) is 3.09. The Morgan fingerprint density at radius 2 is 2.07 bits per heavy atom. The second kappa shape index (κ2) is 6.30. The molecule has 0 aliphatic rings. The smallest absolute Gasteiger partial charge is 0.212 e. The molecule has 0 radical (unpaired) electrons. The van der Waals surface area contributed by atoms with Crippen molar-refractivity contribution in [2.24, 2.45) is 0 Å². The summed E-state index contributed by atoms with van der Waals surface area (Å²) in [4.78, 5) is 11.3. The van der Waals surface area contributed by atoms with Crippen molar-refractivity contribution in [3.63, 3.8) is 0 Å². The van der Waals surface area contributed by atoms with Crippen LogP contribution in [0.15, 0.2) is 30.3 Å². The van der Waals surface area contributed by atoms with E-state index < -0.39 is 0 Å². The van der Waals surface area contributed by atoms with Gasteiger partial charge in [-0.3, -0.25) is 4.79 Å². The van der Waals surface area contributed by atoms with E-state index in [4.69, 9.17) is 5.11 Å². The molecule has 1 aromatic carbocycles. The van der Waals surface area contributed by atoms with E-state index in [1.54, 1.807) is 36.4 Å². The maximum atomic E-state index is 11.3. The zero-order chi connectivity index (χ0) is 11.1. The van der Waals surface area contributed by atoms with Crippen molar-refractivity contribution < 1.29 is 9.90 Å². The number of phenolic OH excluding ortho intramolecular Hbond substituents is 1. The summed E-state index contributed by atoms with van der Waals surface area (Å²) < 4.78 is 0. The first-order valence-corrected chi connectivity index (χ1v) is 5.85. The Morgan fingerprint density at radius 1 is 1.40 bits per heavy atom. The van der Waals surface area contributed by atoms with E-state index in [-0.39, 0.29) is 10.9 Å². The van der Waals surface area contributed by atoms with Gasteiger partial charge in [-0.25, -0.2) is 0 Å². The van der Waals surface area contributed by atoms with E-state index in [9.17, 15) is 4.79 Å². The Labute approximate surface area is 94.0 Å². The van der Waals surface area contributed by atoms with Crippen LogP contribution in [-0.2, 0) is 4.79 Å². The molecule has 0 saturated carbocycles. The van der Waals surface area contributed by atoms with Crippen LogP contribution in [0.2, 0.25) is 0 Å². The van der Waals surface area contributed by atoms with Crippen LogP contribution in [0.4, 0.5) is 0 Å². The van der Waals surface area contributed by atoms with Gasteiger partial charge in [0.1, 0.15) is 5.75 Å². The fraction of sp³-hybridized carbons (Fsp3) is 0.250. The molecule has 15 heavy (non-hydrogen) atoms. The highest BCUT2D eigenvalue weighted by molar-refractivity contribution is 8.14. The maximum absolute atomic E-state index is 11.3. The van der Waals surface area contributed by atoms with Crippen LogP contribution in [0.3, 0.4) is 0 Å². The van der Waals surface area contributed by atoms with E-state index in [1.165, 1.54) is 11.8 Å². The lowest BCUT2D eigenvalue weighted by atomic mass is 10.2. The number of hydrogen-bond donors (Lipinski definition) is 1. The van der Waals surface area contributed by atoms with E-state index in [1.807, 2.05) is 6.92 Å². The van der Waals surface area contributed by atoms with Gasteiger partial charge in [0.15, 0.2) is 0 Å². The first kappa shape index (κ1) is 11.9. The number of benzene rings is 1. The Hall–Kier alpha value is -1.22. The van der Waals surface area contributed by atoms with Crippen LogP contribution >= 0.6 is 11.8 Å². The van der Waals surface area contributed by atoms with Crippen LogP contribution < -0.4 is 0 Å². The topological polar surface area (TPSA) is 37.3 Å². The summed E-state index contributed by atoms with van der Waals surface area (Å²) in [7, 11) is 0. The van der Waals surface area contributed by atoms with E-state index in [0.717, 1.165) is 17.7 Å². The molecule has 0 aliphatic heterocycles. The SMILES string of the molecule is CCCSC(=O)/C=C/c1ccc(O)cc1. The molecular weight excluding hydrogens is 208 g/mol. The molecule has 0 heterocycles. The monoisotopic (exact) mass is 222 g/mol. The van der Waals surface area contributed by atoms with Gasteiger partial charge in [0.2, 0.25) is 5.12 Å². The zero-order valence-corrected chi connectivity index (χ0v) is 9.46. The lowest BCUT2D eigenvalue weighted by Crippen LogP contribution is -1.86. The average Bonchev–Trinajstić information content (AvgIpc) is 2.25. The average molecular weight is 222 g/mol. The molecule has 0 spiro atoms. The summed E-state index contributed by atoms with van der Waals surface area (Å²) in [6.07, 6.45) is 4.32. The fourth-order valence-electron chi connectivity index (χ4n) is 1.00. The van der Waals surface area contributed by atoms with Crippen molar-refractivity contribution in [3.8, 4) is 5.75 Å². The van der Waals surface area contributed by atoms with Crippen molar-refractivity contribution in [3.05, 3.63) is 35.9 Å². The minimum absolute atomic E-state index is 0.0740. The summed E-state index contributed by atoms with van der Waals surface area (Å²) in [6.45, 7) is 2.05. The third-order valence-corrected chi connectivity index (χ3v) is 2.79. The van der Waals surface area contributed by atoms with Gasteiger partial charge in [-0.15, -0.1) is 0 Å². The summed E-state index contributed by atoms with van der Waals surface area (Å²) in [6, 6.07) is 6.74. The quantitative estimate of drug-likeness (QED) is 0.795.